The Hall–Kier alpha value is -2.80. The number of hydrogen-bond acceptors (Lipinski definition) is 4. The minimum atomic E-state index is -0.0438. The Morgan fingerprint density at radius 1 is 0.870 bits per heavy atom. The molecule has 0 aromatic heterocycles. The lowest BCUT2D eigenvalue weighted by atomic mass is 9.86. The van der Waals surface area contributed by atoms with Crippen molar-refractivity contribution >= 4 is 17.8 Å². The summed E-state index contributed by atoms with van der Waals surface area (Å²) < 4.78 is 0. The number of nitrogens with zero attached hydrogens (tertiary/aromatic N) is 2. The number of hydrogen-bond donors (Lipinski definition) is 0. The number of benzene rings is 2. The molecule has 0 spiro atoms. The molecular weight excluding hydrogens is 288 g/mol. The lowest BCUT2D eigenvalue weighted by Gasteiger charge is -2.19. The Labute approximate surface area is 135 Å². The van der Waals surface area contributed by atoms with Crippen LogP contribution in [-0.2, 0) is 9.59 Å². The van der Waals surface area contributed by atoms with Gasteiger partial charge in [0.2, 0.25) is 12.2 Å². The van der Waals surface area contributed by atoms with Gasteiger partial charge in [0.25, 0.3) is 0 Å². The van der Waals surface area contributed by atoms with Crippen LogP contribution in [0.4, 0.5) is 5.69 Å². The summed E-state index contributed by atoms with van der Waals surface area (Å²) in [6.07, 6.45) is 4.83. The van der Waals surface area contributed by atoms with Crippen LogP contribution in [0.15, 0.2) is 64.6 Å². The van der Waals surface area contributed by atoms with Crippen LogP contribution in [0.5, 0.6) is 0 Å². The molecule has 2 rings (SSSR count). The zero-order valence-corrected chi connectivity index (χ0v) is 13.0. The van der Waals surface area contributed by atoms with Crippen LogP contribution in [0.1, 0.15) is 36.8 Å². The van der Waals surface area contributed by atoms with Crippen molar-refractivity contribution < 1.29 is 9.59 Å². The average molecular weight is 306 g/mol. The smallest absolute Gasteiger partial charge is 0.211 e. The highest BCUT2D eigenvalue weighted by atomic mass is 16.1. The summed E-state index contributed by atoms with van der Waals surface area (Å²) >= 11 is 0. The fourth-order valence-electron chi connectivity index (χ4n) is 2.61. The van der Waals surface area contributed by atoms with E-state index in [9.17, 15) is 9.59 Å². The molecule has 4 nitrogen and oxygen atoms in total. The Balaban J connectivity index is 2.25. The fraction of sp³-hybridized carbons (Fsp3) is 0.263. The lowest BCUT2D eigenvalue weighted by Crippen LogP contribution is -2.06. The number of isocyanates is 2. The van der Waals surface area contributed by atoms with Crippen LogP contribution in [0.3, 0.4) is 0 Å². The Morgan fingerprint density at radius 3 is 2.13 bits per heavy atom. The highest BCUT2D eigenvalue weighted by Gasteiger charge is 2.15. The molecule has 116 valence electrons. The third-order valence-corrected chi connectivity index (χ3v) is 3.82. The van der Waals surface area contributed by atoms with Crippen molar-refractivity contribution in [3.8, 4) is 0 Å². The van der Waals surface area contributed by atoms with E-state index in [4.69, 9.17) is 0 Å². The van der Waals surface area contributed by atoms with E-state index >= 15 is 0 Å². The molecule has 0 saturated heterocycles. The van der Waals surface area contributed by atoms with E-state index in [0.717, 1.165) is 18.4 Å². The van der Waals surface area contributed by atoms with Crippen LogP contribution in [0.25, 0.3) is 0 Å². The second-order valence-corrected chi connectivity index (χ2v) is 5.40. The van der Waals surface area contributed by atoms with Crippen molar-refractivity contribution in [2.75, 3.05) is 0 Å². The van der Waals surface area contributed by atoms with Gasteiger partial charge in [-0.2, -0.15) is 4.99 Å². The Morgan fingerprint density at radius 2 is 1.52 bits per heavy atom. The maximum atomic E-state index is 10.4. The molecule has 0 aliphatic heterocycles. The first kappa shape index (κ1) is 16.6. The van der Waals surface area contributed by atoms with Gasteiger partial charge < -0.3 is 0 Å². The molecule has 2 atom stereocenters. The normalized spacial score (nSPS) is 12.6. The second kappa shape index (κ2) is 8.60. The van der Waals surface area contributed by atoms with E-state index in [1.165, 1.54) is 5.56 Å². The maximum Gasteiger partial charge on any atom is 0.240 e. The van der Waals surface area contributed by atoms with Gasteiger partial charge in [0.05, 0.1) is 11.7 Å². The number of aliphatic imine (C=N–C) groups is 2. The van der Waals surface area contributed by atoms with Crippen LogP contribution in [-0.4, -0.2) is 18.2 Å². The van der Waals surface area contributed by atoms with E-state index in [2.05, 4.69) is 22.1 Å². The van der Waals surface area contributed by atoms with Crippen molar-refractivity contribution in [2.24, 2.45) is 9.98 Å². The summed E-state index contributed by atoms with van der Waals surface area (Å²) in [5, 5.41) is 0. The lowest BCUT2D eigenvalue weighted by molar-refractivity contribution is 0.546. The quantitative estimate of drug-likeness (QED) is 0.566. The van der Waals surface area contributed by atoms with Crippen molar-refractivity contribution in [2.45, 2.75) is 31.7 Å². The van der Waals surface area contributed by atoms with Gasteiger partial charge in [-0.05, 0) is 43.0 Å². The van der Waals surface area contributed by atoms with Crippen molar-refractivity contribution in [1.82, 2.24) is 0 Å². The molecule has 0 bridgehead atoms. The minimum absolute atomic E-state index is 0.0438. The van der Waals surface area contributed by atoms with E-state index in [1.54, 1.807) is 12.2 Å². The zero-order valence-electron chi connectivity index (χ0n) is 13.0. The largest absolute Gasteiger partial charge is 0.240 e. The summed E-state index contributed by atoms with van der Waals surface area (Å²) in [6.45, 7) is 1.91. The third kappa shape index (κ3) is 4.86. The monoisotopic (exact) mass is 306 g/mol. The molecule has 2 unspecified atom stereocenters. The van der Waals surface area contributed by atoms with Gasteiger partial charge in [-0.15, -0.1) is 0 Å². The predicted octanol–water partition coefficient (Wildman–Crippen LogP) is 4.29. The van der Waals surface area contributed by atoms with Crippen LogP contribution >= 0.6 is 0 Å². The molecule has 0 radical (unpaired) electrons. The summed E-state index contributed by atoms with van der Waals surface area (Å²) in [4.78, 5) is 28.1. The second-order valence-electron chi connectivity index (χ2n) is 5.40. The Kier molecular flexibility index (Phi) is 6.19. The number of rotatable bonds is 7. The summed E-state index contributed by atoms with van der Waals surface area (Å²) in [7, 11) is 0. The van der Waals surface area contributed by atoms with E-state index in [-0.39, 0.29) is 12.0 Å². The van der Waals surface area contributed by atoms with Crippen molar-refractivity contribution in [3.05, 3.63) is 65.7 Å². The average Bonchev–Trinajstić information content (AvgIpc) is 2.58. The summed E-state index contributed by atoms with van der Waals surface area (Å²) in [6, 6.07) is 17.7. The first-order chi connectivity index (χ1) is 11.2. The highest BCUT2D eigenvalue weighted by molar-refractivity contribution is 5.50. The zero-order chi connectivity index (χ0) is 16.5. The third-order valence-electron chi connectivity index (χ3n) is 3.82. The molecule has 0 fully saturated rings. The van der Waals surface area contributed by atoms with Gasteiger partial charge in [0, 0.05) is 5.92 Å². The van der Waals surface area contributed by atoms with E-state index in [1.807, 2.05) is 49.4 Å². The van der Waals surface area contributed by atoms with Gasteiger partial charge in [-0.1, -0.05) is 42.5 Å². The summed E-state index contributed by atoms with van der Waals surface area (Å²) in [5.74, 6) is 0.203. The topological polar surface area (TPSA) is 58.9 Å². The van der Waals surface area contributed by atoms with E-state index < -0.39 is 0 Å². The molecular formula is C19H18N2O2. The highest BCUT2D eigenvalue weighted by Crippen LogP contribution is 2.31. The molecule has 0 amide bonds. The van der Waals surface area contributed by atoms with Gasteiger partial charge in [0.15, 0.2) is 0 Å². The Bertz CT molecular complexity index is 713. The van der Waals surface area contributed by atoms with Crippen LogP contribution in [0.2, 0.25) is 0 Å². The van der Waals surface area contributed by atoms with Crippen LogP contribution < -0.4 is 0 Å². The molecule has 2 aromatic rings. The van der Waals surface area contributed by atoms with Crippen molar-refractivity contribution in [1.29, 1.82) is 0 Å². The maximum absolute atomic E-state index is 10.4. The van der Waals surface area contributed by atoms with Crippen LogP contribution in [0, 0.1) is 0 Å². The SMILES string of the molecule is CC(CCC(c1ccccc1)c1ccc(N=C=O)cc1)N=C=O. The first-order valence-corrected chi connectivity index (χ1v) is 7.54. The summed E-state index contributed by atoms with van der Waals surface area (Å²) in [5.41, 5.74) is 2.94. The first-order valence-electron chi connectivity index (χ1n) is 7.54. The van der Waals surface area contributed by atoms with Gasteiger partial charge in [-0.25, -0.2) is 14.6 Å². The minimum Gasteiger partial charge on any atom is -0.211 e. The van der Waals surface area contributed by atoms with Gasteiger partial charge >= 0.3 is 0 Å². The predicted molar refractivity (Wildman–Crippen MR) is 89.3 cm³/mol. The molecule has 23 heavy (non-hydrogen) atoms. The molecule has 0 aliphatic carbocycles. The molecule has 0 saturated carbocycles. The molecule has 0 heterocycles. The molecule has 0 aliphatic rings. The van der Waals surface area contributed by atoms with Crippen molar-refractivity contribution in [3.63, 3.8) is 0 Å². The van der Waals surface area contributed by atoms with Gasteiger partial charge in [0.1, 0.15) is 0 Å². The molecule has 4 heteroatoms. The fourth-order valence-corrected chi connectivity index (χ4v) is 2.61. The molecule has 2 aromatic carbocycles. The van der Waals surface area contributed by atoms with Gasteiger partial charge in [-0.3, -0.25) is 0 Å². The van der Waals surface area contributed by atoms with E-state index in [0.29, 0.717) is 5.69 Å². The number of carbonyl (C=O) groups excluding carboxylic acids is 2. The molecule has 0 N–H and O–H groups in total. The standard InChI is InChI=1S/C19H18N2O2/c1-15(20-13-22)7-12-19(16-5-3-2-4-6-16)17-8-10-18(11-9-17)21-14-23/h2-6,8-11,15,19H,7,12H2,1H3.